The van der Waals surface area contributed by atoms with E-state index in [9.17, 15) is 0 Å². The van der Waals surface area contributed by atoms with E-state index in [1.807, 2.05) is 6.20 Å². The molecule has 0 aliphatic heterocycles. The largest absolute Gasteiger partial charge is 0.255 e. The van der Waals surface area contributed by atoms with Crippen molar-refractivity contribution in [1.29, 1.82) is 0 Å². The lowest BCUT2D eigenvalue weighted by Crippen LogP contribution is -1.92. The number of nitrogens with zero attached hydrogens (tertiary/aromatic N) is 1. The first-order valence-corrected chi connectivity index (χ1v) is 9.31. The molecule has 0 fully saturated rings. The Labute approximate surface area is 161 Å². The van der Waals surface area contributed by atoms with Gasteiger partial charge in [0.15, 0.2) is 0 Å². The van der Waals surface area contributed by atoms with Crippen LogP contribution in [0.2, 0.25) is 0 Å². The van der Waals surface area contributed by atoms with Gasteiger partial charge in [-0.1, -0.05) is 89.5 Å². The highest BCUT2D eigenvalue weighted by atomic mass is 14.7. The van der Waals surface area contributed by atoms with Crippen LogP contribution in [-0.4, -0.2) is 4.98 Å². The number of aryl methyl sites for hydroxylation is 3. The Bertz CT molecular complexity index is 1060. The summed E-state index contributed by atoms with van der Waals surface area (Å²) in [5.74, 6) is 0. The summed E-state index contributed by atoms with van der Waals surface area (Å²) in [5, 5.41) is 0. The second-order valence-electron chi connectivity index (χ2n) is 7.22. The van der Waals surface area contributed by atoms with Gasteiger partial charge >= 0.3 is 0 Å². The first-order valence-electron chi connectivity index (χ1n) is 9.31. The highest BCUT2D eigenvalue weighted by molar-refractivity contribution is 5.84. The van der Waals surface area contributed by atoms with E-state index in [4.69, 9.17) is 4.98 Å². The molecule has 132 valence electrons. The SMILES string of the molecule is Cc1ccc(-c2cnc(-c3ccc(C)cc3)c(-c3ccc(C)cc3)c2)cc1. The second kappa shape index (κ2) is 7.20. The zero-order valence-corrected chi connectivity index (χ0v) is 16.0. The lowest BCUT2D eigenvalue weighted by Gasteiger charge is -2.13. The van der Waals surface area contributed by atoms with E-state index >= 15 is 0 Å². The van der Waals surface area contributed by atoms with Crippen molar-refractivity contribution in [3.05, 3.63) is 102 Å². The summed E-state index contributed by atoms with van der Waals surface area (Å²) in [6.07, 6.45) is 1.98. The van der Waals surface area contributed by atoms with Crippen molar-refractivity contribution in [2.24, 2.45) is 0 Å². The molecule has 0 N–H and O–H groups in total. The van der Waals surface area contributed by atoms with Crippen molar-refractivity contribution >= 4 is 0 Å². The van der Waals surface area contributed by atoms with Crippen molar-refractivity contribution in [2.75, 3.05) is 0 Å². The zero-order chi connectivity index (χ0) is 18.8. The molecule has 0 aliphatic carbocycles. The van der Waals surface area contributed by atoms with E-state index in [-0.39, 0.29) is 0 Å². The topological polar surface area (TPSA) is 12.9 Å². The van der Waals surface area contributed by atoms with Crippen LogP contribution in [0.4, 0.5) is 0 Å². The predicted molar refractivity (Wildman–Crippen MR) is 115 cm³/mol. The minimum atomic E-state index is 1.02. The van der Waals surface area contributed by atoms with Crippen LogP contribution in [0.3, 0.4) is 0 Å². The summed E-state index contributed by atoms with van der Waals surface area (Å²) < 4.78 is 0. The monoisotopic (exact) mass is 349 g/mol. The van der Waals surface area contributed by atoms with E-state index in [0.717, 1.165) is 22.4 Å². The average molecular weight is 349 g/mol. The molecule has 4 aromatic rings. The molecule has 4 rings (SSSR count). The number of rotatable bonds is 3. The lowest BCUT2D eigenvalue weighted by molar-refractivity contribution is 1.32. The molecular weight excluding hydrogens is 326 g/mol. The maximum Gasteiger partial charge on any atom is 0.0780 e. The fourth-order valence-electron chi connectivity index (χ4n) is 3.26. The van der Waals surface area contributed by atoms with Gasteiger partial charge in [-0.2, -0.15) is 0 Å². The van der Waals surface area contributed by atoms with Gasteiger partial charge in [-0.25, -0.2) is 0 Å². The third-order valence-corrected chi connectivity index (χ3v) is 4.96. The highest BCUT2D eigenvalue weighted by Gasteiger charge is 2.11. The molecule has 0 bridgehead atoms. The van der Waals surface area contributed by atoms with Gasteiger partial charge in [0.1, 0.15) is 0 Å². The van der Waals surface area contributed by atoms with Gasteiger partial charge in [0.25, 0.3) is 0 Å². The number of aromatic nitrogens is 1. The quantitative estimate of drug-likeness (QED) is 0.388. The highest BCUT2D eigenvalue weighted by Crippen LogP contribution is 2.34. The predicted octanol–water partition coefficient (Wildman–Crippen LogP) is 7.01. The van der Waals surface area contributed by atoms with Crippen LogP contribution in [0.5, 0.6) is 0 Å². The Kier molecular flexibility index (Phi) is 4.60. The molecule has 0 amide bonds. The Morgan fingerprint density at radius 2 is 0.926 bits per heavy atom. The molecule has 0 atom stereocenters. The van der Waals surface area contributed by atoms with E-state index in [1.54, 1.807) is 0 Å². The maximum absolute atomic E-state index is 4.88. The maximum atomic E-state index is 4.88. The van der Waals surface area contributed by atoms with E-state index < -0.39 is 0 Å². The van der Waals surface area contributed by atoms with Crippen LogP contribution in [0.1, 0.15) is 16.7 Å². The fraction of sp³-hybridized carbons (Fsp3) is 0.115. The Balaban J connectivity index is 1.89. The molecule has 0 radical (unpaired) electrons. The molecular formula is C26H23N. The summed E-state index contributed by atoms with van der Waals surface area (Å²) in [7, 11) is 0. The number of hydrogen-bond donors (Lipinski definition) is 0. The molecule has 1 nitrogen and oxygen atoms in total. The van der Waals surface area contributed by atoms with Crippen molar-refractivity contribution < 1.29 is 0 Å². The van der Waals surface area contributed by atoms with Crippen LogP contribution >= 0.6 is 0 Å². The van der Waals surface area contributed by atoms with E-state index in [1.165, 1.54) is 27.8 Å². The molecule has 0 unspecified atom stereocenters. The minimum Gasteiger partial charge on any atom is -0.255 e. The smallest absolute Gasteiger partial charge is 0.0780 e. The van der Waals surface area contributed by atoms with E-state index in [0.29, 0.717) is 0 Å². The molecule has 27 heavy (non-hydrogen) atoms. The summed E-state index contributed by atoms with van der Waals surface area (Å²) in [5.41, 5.74) is 10.6. The summed E-state index contributed by atoms with van der Waals surface area (Å²) >= 11 is 0. The van der Waals surface area contributed by atoms with Crippen LogP contribution in [0, 0.1) is 20.8 Å². The molecule has 0 saturated carbocycles. The van der Waals surface area contributed by atoms with Crippen LogP contribution < -0.4 is 0 Å². The van der Waals surface area contributed by atoms with Crippen LogP contribution in [0.15, 0.2) is 85.1 Å². The standard InChI is InChI=1S/C26H23N/c1-18-4-10-21(11-5-18)24-16-25(22-12-6-19(2)7-13-22)26(27-17-24)23-14-8-20(3)9-15-23/h4-17H,1-3H3. The fourth-order valence-corrected chi connectivity index (χ4v) is 3.26. The molecule has 3 aromatic carbocycles. The molecule has 0 saturated heterocycles. The Hall–Kier alpha value is -3.19. The summed E-state index contributed by atoms with van der Waals surface area (Å²) in [6.45, 7) is 6.34. The number of pyridine rings is 1. The van der Waals surface area contributed by atoms with E-state index in [2.05, 4.69) is 99.6 Å². The van der Waals surface area contributed by atoms with Crippen LogP contribution in [-0.2, 0) is 0 Å². The zero-order valence-electron chi connectivity index (χ0n) is 16.0. The van der Waals surface area contributed by atoms with Crippen molar-refractivity contribution in [1.82, 2.24) is 4.98 Å². The summed E-state index contributed by atoms with van der Waals surface area (Å²) in [6, 6.07) is 28.2. The third-order valence-electron chi connectivity index (χ3n) is 4.96. The normalized spacial score (nSPS) is 10.8. The first kappa shape index (κ1) is 17.2. The second-order valence-corrected chi connectivity index (χ2v) is 7.22. The molecule has 1 heteroatoms. The molecule has 1 aromatic heterocycles. The Morgan fingerprint density at radius 1 is 0.481 bits per heavy atom. The van der Waals surface area contributed by atoms with Crippen molar-refractivity contribution in [3.63, 3.8) is 0 Å². The van der Waals surface area contributed by atoms with Gasteiger partial charge in [-0.3, -0.25) is 4.98 Å². The van der Waals surface area contributed by atoms with Gasteiger partial charge < -0.3 is 0 Å². The van der Waals surface area contributed by atoms with Crippen molar-refractivity contribution in [2.45, 2.75) is 20.8 Å². The van der Waals surface area contributed by atoms with Crippen LogP contribution in [0.25, 0.3) is 33.5 Å². The average Bonchev–Trinajstić information content (AvgIpc) is 2.69. The van der Waals surface area contributed by atoms with Gasteiger partial charge in [-0.05, 0) is 38.0 Å². The first-order chi connectivity index (χ1) is 13.1. The van der Waals surface area contributed by atoms with Crippen molar-refractivity contribution in [3.8, 4) is 33.5 Å². The summed E-state index contributed by atoms with van der Waals surface area (Å²) in [4.78, 5) is 4.88. The molecule has 0 spiro atoms. The third kappa shape index (κ3) is 3.68. The van der Waals surface area contributed by atoms with Gasteiger partial charge in [0.05, 0.1) is 5.69 Å². The van der Waals surface area contributed by atoms with Gasteiger partial charge in [0, 0.05) is 22.9 Å². The number of hydrogen-bond acceptors (Lipinski definition) is 1. The Morgan fingerprint density at radius 3 is 1.44 bits per heavy atom. The molecule has 1 heterocycles. The van der Waals surface area contributed by atoms with Gasteiger partial charge in [-0.15, -0.1) is 0 Å². The number of benzene rings is 3. The van der Waals surface area contributed by atoms with Gasteiger partial charge in [0.2, 0.25) is 0 Å². The lowest BCUT2D eigenvalue weighted by atomic mass is 9.95. The minimum absolute atomic E-state index is 1.02. The molecule has 0 aliphatic rings.